The summed E-state index contributed by atoms with van der Waals surface area (Å²) >= 11 is 3.37. The first kappa shape index (κ1) is 14.6. The van der Waals surface area contributed by atoms with E-state index in [1.165, 1.54) is 0 Å². The average molecular weight is 334 g/mol. The Kier molecular flexibility index (Phi) is 5.18. The van der Waals surface area contributed by atoms with Crippen LogP contribution in [0.3, 0.4) is 0 Å². The lowest BCUT2D eigenvalue weighted by molar-refractivity contribution is -0.127. The predicted octanol–water partition coefficient (Wildman–Crippen LogP) is 3.53. The van der Waals surface area contributed by atoms with Crippen molar-refractivity contribution in [1.82, 2.24) is 5.32 Å². The van der Waals surface area contributed by atoms with Crippen molar-refractivity contribution in [2.45, 2.75) is 19.6 Å². The summed E-state index contributed by atoms with van der Waals surface area (Å²) in [6, 6.07) is 17.2. The van der Waals surface area contributed by atoms with Crippen LogP contribution in [0.15, 0.2) is 59.1 Å². The van der Waals surface area contributed by atoms with Gasteiger partial charge in [-0.15, -0.1) is 0 Å². The smallest absolute Gasteiger partial charge is 0.261 e. The molecule has 20 heavy (non-hydrogen) atoms. The quantitative estimate of drug-likeness (QED) is 0.908. The molecule has 1 unspecified atom stereocenters. The van der Waals surface area contributed by atoms with Crippen LogP contribution in [-0.4, -0.2) is 12.0 Å². The number of amides is 1. The number of carbonyl (C=O) groups is 1. The molecule has 0 heterocycles. The molecule has 0 saturated heterocycles. The number of rotatable bonds is 5. The maximum absolute atomic E-state index is 12.0. The highest BCUT2D eigenvalue weighted by molar-refractivity contribution is 9.10. The van der Waals surface area contributed by atoms with Crippen LogP contribution in [0, 0.1) is 0 Å². The minimum Gasteiger partial charge on any atom is -0.481 e. The van der Waals surface area contributed by atoms with E-state index >= 15 is 0 Å². The zero-order valence-corrected chi connectivity index (χ0v) is 12.8. The summed E-state index contributed by atoms with van der Waals surface area (Å²) in [6.45, 7) is 2.24. The van der Waals surface area contributed by atoms with E-state index in [1.54, 1.807) is 6.92 Å². The Labute approximate surface area is 127 Å². The van der Waals surface area contributed by atoms with E-state index in [0.29, 0.717) is 12.3 Å². The summed E-state index contributed by atoms with van der Waals surface area (Å²) in [7, 11) is 0. The summed E-state index contributed by atoms with van der Waals surface area (Å²) in [5, 5.41) is 2.86. The van der Waals surface area contributed by atoms with Gasteiger partial charge in [-0.25, -0.2) is 0 Å². The molecule has 1 N–H and O–H groups in total. The Bertz CT molecular complexity index is 572. The van der Waals surface area contributed by atoms with Gasteiger partial charge in [0.2, 0.25) is 0 Å². The van der Waals surface area contributed by atoms with Gasteiger partial charge in [0.05, 0.1) is 0 Å². The van der Waals surface area contributed by atoms with E-state index in [-0.39, 0.29) is 5.91 Å². The Balaban J connectivity index is 1.86. The molecule has 0 saturated carbocycles. The second-order valence-corrected chi connectivity index (χ2v) is 5.34. The van der Waals surface area contributed by atoms with Crippen LogP contribution in [-0.2, 0) is 11.3 Å². The topological polar surface area (TPSA) is 38.3 Å². The normalized spacial score (nSPS) is 11.7. The molecule has 0 fully saturated rings. The molecule has 3 nitrogen and oxygen atoms in total. The van der Waals surface area contributed by atoms with Crippen molar-refractivity contribution in [3.05, 3.63) is 64.6 Å². The Morgan fingerprint density at radius 3 is 2.65 bits per heavy atom. The number of carbonyl (C=O) groups excluding carboxylic acids is 1. The fourth-order valence-corrected chi connectivity index (χ4v) is 2.10. The van der Waals surface area contributed by atoms with Crippen molar-refractivity contribution >= 4 is 21.8 Å². The van der Waals surface area contributed by atoms with E-state index in [1.807, 2.05) is 54.6 Å². The van der Waals surface area contributed by atoms with Crippen molar-refractivity contribution in [3.8, 4) is 5.75 Å². The third-order valence-corrected chi connectivity index (χ3v) is 3.28. The third kappa shape index (κ3) is 4.38. The largest absolute Gasteiger partial charge is 0.481 e. The first-order valence-corrected chi connectivity index (χ1v) is 7.18. The molecule has 1 atom stereocenters. The van der Waals surface area contributed by atoms with E-state index in [2.05, 4.69) is 21.2 Å². The number of hydrogen-bond acceptors (Lipinski definition) is 2. The van der Waals surface area contributed by atoms with Gasteiger partial charge in [-0.2, -0.15) is 0 Å². The second kappa shape index (κ2) is 7.10. The van der Waals surface area contributed by atoms with Crippen LogP contribution >= 0.6 is 15.9 Å². The van der Waals surface area contributed by atoms with E-state index in [0.717, 1.165) is 10.0 Å². The SMILES string of the molecule is CC(Oc1cccc(Br)c1)C(=O)NCc1ccccc1. The van der Waals surface area contributed by atoms with Gasteiger partial charge in [-0.3, -0.25) is 4.79 Å². The molecule has 104 valence electrons. The minimum absolute atomic E-state index is 0.131. The lowest BCUT2D eigenvalue weighted by Gasteiger charge is -2.15. The first-order chi connectivity index (χ1) is 9.65. The molecule has 1 amide bonds. The van der Waals surface area contributed by atoms with Crippen LogP contribution in [0.5, 0.6) is 5.75 Å². The van der Waals surface area contributed by atoms with Crippen molar-refractivity contribution in [2.75, 3.05) is 0 Å². The molecular formula is C16H16BrNO2. The number of hydrogen-bond donors (Lipinski definition) is 1. The monoisotopic (exact) mass is 333 g/mol. The van der Waals surface area contributed by atoms with Gasteiger partial charge < -0.3 is 10.1 Å². The minimum atomic E-state index is -0.534. The number of nitrogens with one attached hydrogen (secondary N) is 1. The van der Waals surface area contributed by atoms with Crippen LogP contribution in [0.25, 0.3) is 0 Å². The molecule has 0 bridgehead atoms. The Morgan fingerprint density at radius 1 is 1.20 bits per heavy atom. The van der Waals surface area contributed by atoms with Crippen molar-refractivity contribution in [1.29, 1.82) is 0 Å². The highest BCUT2D eigenvalue weighted by Gasteiger charge is 2.14. The molecule has 2 aromatic rings. The van der Waals surface area contributed by atoms with Gasteiger partial charge in [0.1, 0.15) is 5.75 Å². The van der Waals surface area contributed by atoms with Gasteiger partial charge in [-0.05, 0) is 30.7 Å². The Morgan fingerprint density at radius 2 is 1.95 bits per heavy atom. The fraction of sp³-hybridized carbons (Fsp3) is 0.188. The molecule has 0 aliphatic rings. The zero-order valence-electron chi connectivity index (χ0n) is 11.2. The predicted molar refractivity (Wildman–Crippen MR) is 82.5 cm³/mol. The summed E-state index contributed by atoms with van der Waals surface area (Å²) in [6.07, 6.45) is -0.534. The average Bonchev–Trinajstić information content (AvgIpc) is 2.46. The first-order valence-electron chi connectivity index (χ1n) is 6.39. The molecule has 4 heteroatoms. The fourth-order valence-electron chi connectivity index (χ4n) is 1.73. The molecule has 0 aliphatic carbocycles. The summed E-state index contributed by atoms with van der Waals surface area (Å²) in [5.74, 6) is 0.538. The number of ether oxygens (including phenoxy) is 1. The van der Waals surface area contributed by atoms with Gasteiger partial charge in [-0.1, -0.05) is 52.3 Å². The Hall–Kier alpha value is -1.81. The molecule has 0 radical (unpaired) electrons. The second-order valence-electron chi connectivity index (χ2n) is 4.42. The maximum atomic E-state index is 12.0. The highest BCUT2D eigenvalue weighted by Crippen LogP contribution is 2.18. The molecule has 0 aliphatic heterocycles. The van der Waals surface area contributed by atoms with Gasteiger partial charge in [0.15, 0.2) is 6.10 Å². The molecule has 2 aromatic carbocycles. The standard InChI is InChI=1S/C16H16BrNO2/c1-12(20-15-9-5-8-14(17)10-15)16(19)18-11-13-6-3-2-4-7-13/h2-10,12H,11H2,1H3,(H,18,19). The van der Waals surface area contributed by atoms with Gasteiger partial charge >= 0.3 is 0 Å². The lowest BCUT2D eigenvalue weighted by atomic mass is 10.2. The van der Waals surface area contributed by atoms with Crippen molar-refractivity contribution in [3.63, 3.8) is 0 Å². The van der Waals surface area contributed by atoms with Crippen LogP contribution < -0.4 is 10.1 Å². The van der Waals surface area contributed by atoms with E-state index in [4.69, 9.17) is 4.74 Å². The lowest BCUT2D eigenvalue weighted by Crippen LogP contribution is -2.35. The highest BCUT2D eigenvalue weighted by atomic mass is 79.9. The van der Waals surface area contributed by atoms with Crippen LogP contribution in [0.4, 0.5) is 0 Å². The number of benzene rings is 2. The van der Waals surface area contributed by atoms with Crippen LogP contribution in [0.2, 0.25) is 0 Å². The molecule has 2 rings (SSSR count). The molecule has 0 spiro atoms. The maximum Gasteiger partial charge on any atom is 0.261 e. The van der Waals surface area contributed by atoms with E-state index < -0.39 is 6.10 Å². The zero-order chi connectivity index (χ0) is 14.4. The van der Waals surface area contributed by atoms with E-state index in [9.17, 15) is 4.79 Å². The van der Waals surface area contributed by atoms with Gasteiger partial charge in [0.25, 0.3) is 5.91 Å². The van der Waals surface area contributed by atoms with Crippen molar-refractivity contribution in [2.24, 2.45) is 0 Å². The van der Waals surface area contributed by atoms with Gasteiger partial charge in [0, 0.05) is 11.0 Å². The van der Waals surface area contributed by atoms with Crippen LogP contribution in [0.1, 0.15) is 12.5 Å². The molecule has 0 aromatic heterocycles. The van der Waals surface area contributed by atoms with Crippen molar-refractivity contribution < 1.29 is 9.53 Å². The molecular weight excluding hydrogens is 318 g/mol. The third-order valence-electron chi connectivity index (χ3n) is 2.79. The summed E-state index contributed by atoms with van der Waals surface area (Å²) < 4.78 is 6.53. The number of halogens is 1. The summed E-state index contributed by atoms with van der Waals surface area (Å²) in [5.41, 5.74) is 1.07. The summed E-state index contributed by atoms with van der Waals surface area (Å²) in [4.78, 5) is 12.0.